The number of carboxylic acid groups (broad SMARTS) is 1. The minimum Gasteiger partial charge on any atom is -0.478 e. The van der Waals surface area contributed by atoms with E-state index >= 15 is 0 Å². The van der Waals surface area contributed by atoms with Gasteiger partial charge in [-0.1, -0.05) is 66.7 Å². The highest BCUT2D eigenvalue weighted by Crippen LogP contribution is 2.35. The number of fused-ring (bicyclic) bond motifs is 1. The number of hydrogen-bond donors (Lipinski definition) is 4. The molecule has 0 radical (unpaired) electrons. The van der Waals surface area contributed by atoms with Crippen molar-refractivity contribution in [3.8, 4) is 0 Å². The number of likely N-dealkylation sites (N-methyl/N-ethyl adjacent to an activating group) is 2. The number of carbonyl (C=O) groups excluding carboxylic acids is 2. The predicted octanol–water partition coefficient (Wildman–Crippen LogP) is 3.81. The first-order chi connectivity index (χ1) is 18.9. The third kappa shape index (κ3) is 7.57. The van der Waals surface area contributed by atoms with Crippen LogP contribution in [0, 0.1) is 11.3 Å². The van der Waals surface area contributed by atoms with Crippen molar-refractivity contribution >= 4 is 28.7 Å². The molecule has 1 heterocycles. The van der Waals surface area contributed by atoms with Crippen LogP contribution in [0.25, 0.3) is 10.9 Å². The van der Waals surface area contributed by atoms with Gasteiger partial charge in [-0.25, -0.2) is 4.79 Å². The van der Waals surface area contributed by atoms with Crippen molar-refractivity contribution in [3.63, 3.8) is 0 Å². The number of carbonyl (C=O) groups is 3. The number of carboxylic acids is 1. The van der Waals surface area contributed by atoms with Gasteiger partial charge < -0.3 is 30.5 Å². The molecule has 1 aromatic heterocycles. The number of rotatable bonds is 12. The fraction of sp³-hybridized carbons (Fsp3) is 0.594. The van der Waals surface area contributed by atoms with E-state index in [9.17, 15) is 19.5 Å². The van der Waals surface area contributed by atoms with Crippen molar-refractivity contribution < 1.29 is 19.5 Å². The second-order valence-electron chi connectivity index (χ2n) is 13.1. The highest BCUT2D eigenvalue weighted by molar-refractivity contribution is 5.93. The second-order valence-corrected chi connectivity index (χ2v) is 13.1. The summed E-state index contributed by atoms with van der Waals surface area (Å²) in [5.41, 5.74) is 2.25. The average molecular weight is 570 g/mol. The molecule has 9 heteroatoms. The van der Waals surface area contributed by atoms with Gasteiger partial charge in [-0.2, -0.15) is 0 Å². The number of hydrogen-bond acceptors (Lipinski definition) is 5. The predicted molar refractivity (Wildman–Crippen MR) is 166 cm³/mol. The monoisotopic (exact) mass is 569 g/mol. The molecule has 228 valence electrons. The van der Waals surface area contributed by atoms with Crippen LogP contribution >= 0.6 is 0 Å². The molecule has 2 amide bonds. The molecule has 0 fully saturated rings. The molecule has 9 nitrogen and oxygen atoms in total. The zero-order valence-corrected chi connectivity index (χ0v) is 27.0. The maximum Gasteiger partial charge on any atom is 0.331 e. The highest BCUT2D eigenvalue weighted by Gasteiger charge is 2.42. The zero-order chi connectivity index (χ0) is 31.4. The normalized spacial score (nSPS) is 15.1. The van der Waals surface area contributed by atoms with Crippen molar-refractivity contribution in [1.82, 2.24) is 25.4 Å². The van der Waals surface area contributed by atoms with E-state index < -0.39 is 34.9 Å². The summed E-state index contributed by atoms with van der Waals surface area (Å²) in [6.07, 6.45) is 3.68. The Labute approximate surface area is 245 Å². The van der Waals surface area contributed by atoms with Gasteiger partial charge in [-0.3, -0.25) is 9.59 Å². The fourth-order valence-corrected chi connectivity index (χ4v) is 5.54. The van der Waals surface area contributed by atoms with Crippen LogP contribution in [0.5, 0.6) is 0 Å². The molecule has 0 bridgehead atoms. The van der Waals surface area contributed by atoms with E-state index in [0.717, 1.165) is 23.0 Å². The Morgan fingerprint density at radius 3 is 2.17 bits per heavy atom. The molecule has 0 aliphatic heterocycles. The van der Waals surface area contributed by atoms with Crippen LogP contribution < -0.4 is 16.0 Å². The quantitative estimate of drug-likeness (QED) is 0.289. The summed E-state index contributed by atoms with van der Waals surface area (Å²) in [7, 11) is 7.36. The maximum absolute atomic E-state index is 14.0. The summed E-state index contributed by atoms with van der Waals surface area (Å²) in [5.74, 6) is -1.60. The third-order valence-electron chi connectivity index (χ3n) is 8.04. The molecule has 0 saturated carbocycles. The lowest BCUT2D eigenvalue weighted by Crippen LogP contribution is -2.61. The molecule has 3 atom stereocenters. The van der Waals surface area contributed by atoms with E-state index in [1.165, 1.54) is 12.5 Å². The van der Waals surface area contributed by atoms with Gasteiger partial charge >= 0.3 is 5.97 Å². The first-order valence-electron chi connectivity index (χ1n) is 14.3. The number of nitrogens with zero attached hydrogens (tertiary/aromatic N) is 2. The summed E-state index contributed by atoms with van der Waals surface area (Å²) in [6, 6.07) is 4.46. The maximum atomic E-state index is 14.0. The number of benzene rings is 1. The third-order valence-corrected chi connectivity index (χ3v) is 8.04. The van der Waals surface area contributed by atoms with E-state index in [2.05, 4.69) is 44.9 Å². The molecule has 0 unspecified atom stereocenters. The van der Waals surface area contributed by atoms with Crippen LogP contribution in [0.2, 0.25) is 0 Å². The Kier molecular flexibility index (Phi) is 11.0. The van der Waals surface area contributed by atoms with Crippen molar-refractivity contribution in [3.05, 3.63) is 47.2 Å². The van der Waals surface area contributed by atoms with Crippen molar-refractivity contribution in [2.24, 2.45) is 18.4 Å². The molecular formula is C32H51N5O4. The minimum absolute atomic E-state index is 0.0291. The Hall–Kier alpha value is -3.17. The van der Waals surface area contributed by atoms with E-state index in [-0.39, 0.29) is 23.3 Å². The lowest BCUT2D eigenvalue weighted by atomic mass is 9.76. The SMILES string of the molecule is CNCc1ccc2c(C(C)(C)[C@@H](NC)C(=O)N[C@H](C(=O)N(C)[C@H](/C=C(\C)C(=O)O)C(C)C)C(C)(C)C)cn(C)c2c1. The number of aryl methyl sites for hydroxylation is 1. The molecule has 2 aromatic rings. The van der Waals surface area contributed by atoms with Crippen LogP contribution in [-0.4, -0.2) is 71.6 Å². The lowest BCUT2D eigenvalue weighted by molar-refractivity contribution is -0.141. The molecule has 0 aliphatic rings. The summed E-state index contributed by atoms with van der Waals surface area (Å²) < 4.78 is 2.09. The Morgan fingerprint density at radius 1 is 1.07 bits per heavy atom. The standard InChI is InChI=1S/C32H51N5O4/c1-19(2)24(15-20(3)30(40)41)37(12)29(39)27(31(4,5)6)35-28(38)26(34-10)32(7,8)23-18-36(11)25-16-21(17-33-9)13-14-22(23)25/h13-16,18-19,24,26-27,33-34H,17H2,1-12H3,(H,35,38)(H,40,41)/b20-15+/t24-,26+,27-/m1/s1. The first-order valence-corrected chi connectivity index (χ1v) is 14.3. The number of amides is 2. The summed E-state index contributed by atoms with van der Waals surface area (Å²) in [5, 5.41) is 20.0. The Morgan fingerprint density at radius 2 is 1.68 bits per heavy atom. The lowest BCUT2D eigenvalue weighted by Gasteiger charge is -2.39. The molecule has 41 heavy (non-hydrogen) atoms. The van der Waals surface area contributed by atoms with Crippen molar-refractivity contribution in [1.29, 1.82) is 0 Å². The van der Waals surface area contributed by atoms with Gasteiger partial charge in [0.1, 0.15) is 6.04 Å². The summed E-state index contributed by atoms with van der Waals surface area (Å²) in [4.78, 5) is 41.0. The first kappa shape index (κ1) is 34.0. The molecule has 2 rings (SSSR count). The summed E-state index contributed by atoms with van der Waals surface area (Å²) >= 11 is 0. The molecule has 0 aliphatic carbocycles. The Balaban J connectivity index is 2.46. The van der Waals surface area contributed by atoms with Crippen LogP contribution in [0.3, 0.4) is 0 Å². The summed E-state index contributed by atoms with van der Waals surface area (Å²) in [6.45, 7) is 16.0. The smallest absolute Gasteiger partial charge is 0.331 e. The highest BCUT2D eigenvalue weighted by atomic mass is 16.4. The second kappa shape index (κ2) is 13.2. The van der Waals surface area contributed by atoms with E-state index in [1.54, 1.807) is 25.1 Å². The number of aliphatic carboxylic acids is 1. The van der Waals surface area contributed by atoms with E-state index in [1.807, 2.05) is 62.6 Å². The molecule has 1 aromatic carbocycles. The van der Waals surface area contributed by atoms with Gasteiger partial charge in [-0.15, -0.1) is 0 Å². The van der Waals surface area contributed by atoms with Gasteiger partial charge in [0.2, 0.25) is 11.8 Å². The van der Waals surface area contributed by atoms with Gasteiger partial charge in [0.25, 0.3) is 0 Å². The van der Waals surface area contributed by atoms with Crippen LogP contribution in [0.1, 0.15) is 66.5 Å². The average Bonchev–Trinajstić information content (AvgIpc) is 3.21. The van der Waals surface area contributed by atoms with Gasteiger partial charge in [0.15, 0.2) is 0 Å². The largest absolute Gasteiger partial charge is 0.478 e. The molecule has 0 spiro atoms. The zero-order valence-electron chi connectivity index (χ0n) is 27.0. The van der Waals surface area contributed by atoms with Crippen molar-refractivity contribution in [2.45, 2.75) is 85.5 Å². The fourth-order valence-electron chi connectivity index (χ4n) is 5.54. The van der Waals surface area contributed by atoms with Crippen molar-refractivity contribution in [2.75, 3.05) is 21.1 Å². The van der Waals surface area contributed by atoms with Crippen LogP contribution in [0.4, 0.5) is 0 Å². The van der Waals surface area contributed by atoms with E-state index in [4.69, 9.17) is 0 Å². The van der Waals surface area contributed by atoms with Gasteiger partial charge in [0, 0.05) is 48.7 Å². The minimum atomic E-state index is -1.03. The van der Waals surface area contributed by atoms with Crippen LogP contribution in [0.15, 0.2) is 36.0 Å². The van der Waals surface area contributed by atoms with Gasteiger partial charge in [0.05, 0.1) is 12.1 Å². The topological polar surface area (TPSA) is 116 Å². The van der Waals surface area contributed by atoms with Gasteiger partial charge in [-0.05, 0) is 49.5 Å². The molecule has 0 saturated heterocycles. The molecule has 4 N–H and O–H groups in total. The number of aromatic nitrogens is 1. The van der Waals surface area contributed by atoms with E-state index in [0.29, 0.717) is 0 Å². The Bertz CT molecular complexity index is 1280. The van der Waals surface area contributed by atoms with Crippen LogP contribution in [-0.2, 0) is 33.4 Å². The number of nitrogens with one attached hydrogen (secondary N) is 3. The molecular weight excluding hydrogens is 518 g/mol.